The number of nitrogens with zero attached hydrogens (tertiary/aromatic N) is 2. The second-order valence-corrected chi connectivity index (χ2v) is 4.04. The monoisotopic (exact) mass is 231 g/mol. The first-order valence-corrected chi connectivity index (χ1v) is 5.45. The zero-order valence-corrected chi connectivity index (χ0v) is 10.2. The van der Waals surface area contributed by atoms with Crippen LogP contribution in [0.1, 0.15) is 17.8 Å². The van der Waals surface area contributed by atoms with Gasteiger partial charge < -0.3 is 10.4 Å². The normalized spacial score (nSPS) is 13.1. The molecule has 0 aliphatic rings. The van der Waals surface area contributed by atoms with Crippen molar-refractivity contribution in [3.8, 4) is 0 Å². The lowest BCUT2D eigenvalue weighted by Crippen LogP contribution is -2.30. The molecule has 0 amide bonds. The number of aromatic nitrogens is 2. The van der Waals surface area contributed by atoms with Crippen molar-refractivity contribution < 1.29 is 5.11 Å². The third-order valence-electron chi connectivity index (χ3n) is 2.61. The van der Waals surface area contributed by atoms with E-state index >= 15 is 0 Å². The Balaban J connectivity index is 2.61. The summed E-state index contributed by atoms with van der Waals surface area (Å²) in [4.78, 5) is 0. The molecule has 86 valence electrons. The number of likely N-dealkylation sites (N-methyl/N-ethyl adjacent to an activating group) is 1. The van der Waals surface area contributed by atoms with E-state index < -0.39 is 0 Å². The maximum absolute atomic E-state index is 9.01. The summed E-state index contributed by atoms with van der Waals surface area (Å²) in [5.41, 5.74) is 1.85. The molecule has 1 aromatic rings. The number of aliphatic hydroxyl groups excluding tert-OH is 1. The molecular weight excluding hydrogens is 214 g/mol. The first kappa shape index (κ1) is 12.5. The Labute approximate surface area is 95.2 Å². The lowest BCUT2D eigenvalue weighted by molar-refractivity contribution is 0.236. The van der Waals surface area contributed by atoms with Crippen LogP contribution in [0.25, 0.3) is 0 Å². The van der Waals surface area contributed by atoms with Crippen molar-refractivity contribution in [1.29, 1.82) is 0 Å². The van der Waals surface area contributed by atoms with Gasteiger partial charge in [-0.15, -0.1) is 0 Å². The standard InChI is InChI=1S/C10H18ClN3O/c1-7-10(11)8(2)14(13-7)5-4-9(6-15)12-3/h9,12,15H,4-6H2,1-3H3. The van der Waals surface area contributed by atoms with Crippen molar-refractivity contribution in [2.75, 3.05) is 13.7 Å². The highest BCUT2D eigenvalue weighted by molar-refractivity contribution is 6.31. The third-order valence-corrected chi connectivity index (χ3v) is 3.16. The molecule has 0 bridgehead atoms. The Morgan fingerprint density at radius 2 is 2.20 bits per heavy atom. The van der Waals surface area contributed by atoms with Gasteiger partial charge in [-0.05, 0) is 27.3 Å². The van der Waals surface area contributed by atoms with E-state index in [9.17, 15) is 0 Å². The quantitative estimate of drug-likeness (QED) is 0.799. The summed E-state index contributed by atoms with van der Waals surface area (Å²) in [6.45, 7) is 4.76. The molecule has 0 radical (unpaired) electrons. The lowest BCUT2D eigenvalue weighted by atomic mass is 10.2. The Kier molecular flexibility index (Phi) is 4.57. The van der Waals surface area contributed by atoms with Gasteiger partial charge in [-0.2, -0.15) is 5.10 Å². The largest absolute Gasteiger partial charge is 0.395 e. The van der Waals surface area contributed by atoms with E-state index in [4.69, 9.17) is 16.7 Å². The minimum Gasteiger partial charge on any atom is -0.395 e. The molecule has 1 heterocycles. The highest BCUT2D eigenvalue weighted by Crippen LogP contribution is 2.19. The zero-order valence-electron chi connectivity index (χ0n) is 9.42. The summed E-state index contributed by atoms with van der Waals surface area (Å²) in [5.74, 6) is 0. The fourth-order valence-corrected chi connectivity index (χ4v) is 1.63. The van der Waals surface area contributed by atoms with Crippen molar-refractivity contribution in [3.05, 3.63) is 16.4 Å². The van der Waals surface area contributed by atoms with E-state index in [-0.39, 0.29) is 12.6 Å². The second kappa shape index (κ2) is 5.49. The summed E-state index contributed by atoms with van der Waals surface area (Å²) < 4.78 is 1.89. The molecule has 0 aliphatic carbocycles. The number of aliphatic hydroxyl groups is 1. The summed E-state index contributed by atoms with van der Waals surface area (Å²) in [5, 5.41) is 17.1. The van der Waals surface area contributed by atoms with Crippen LogP contribution in [0.15, 0.2) is 0 Å². The van der Waals surface area contributed by atoms with Gasteiger partial charge in [0.25, 0.3) is 0 Å². The summed E-state index contributed by atoms with van der Waals surface area (Å²) in [6.07, 6.45) is 0.839. The van der Waals surface area contributed by atoms with Crippen LogP contribution in [0.2, 0.25) is 5.02 Å². The highest BCUT2D eigenvalue weighted by Gasteiger charge is 2.10. The zero-order chi connectivity index (χ0) is 11.4. The lowest BCUT2D eigenvalue weighted by Gasteiger charge is -2.13. The fourth-order valence-electron chi connectivity index (χ4n) is 1.50. The molecular formula is C10H18ClN3O. The Hall–Kier alpha value is -0.580. The molecule has 0 aliphatic heterocycles. The summed E-state index contributed by atoms with van der Waals surface area (Å²) in [7, 11) is 1.84. The van der Waals surface area contributed by atoms with Crippen molar-refractivity contribution >= 4 is 11.6 Å². The van der Waals surface area contributed by atoms with Crippen molar-refractivity contribution in [1.82, 2.24) is 15.1 Å². The van der Waals surface area contributed by atoms with E-state index in [1.54, 1.807) is 0 Å². The SMILES string of the molecule is CNC(CO)CCn1nc(C)c(Cl)c1C. The van der Waals surface area contributed by atoms with Crippen LogP contribution >= 0.6 is 11.6 Å². The third kappa shape index (κ3) is 2.93. The number of nitrogens with one attached hydrogen (secondary N) is 1. The number of aryl methyl sites for hydroxylation is 2. The van der Waals surface area contributed by atoms with Gasteiger partial charge in [0, 0.05) is 12.6 Å². The van der Waals surface area contributed by atoms with Gasteiger partial charge in [-0.3, -0.25) is 4.68 Å². The van der Waals surface area contributed by atoms with E-state index in [0.29, 0.717) is 0 Å². The van der Waals surface area contributed by atoms with Crippen LogP contribution < -0.4 is 5.32 Å². The van der Waals surface area contributed by atoms with E-state index in [1.807, 2.05) is 25.6 Å². The maximum Gasteiger partial charge on any atom is 0.0844 e. The molecule has 0 fully saturated rings. The Morgan fingerprint density at radius 1 is 1.53 bits per heavy atom. The van der Waals surface area contributed by atoms with Crippen LogP contribution in [0.4, 0.5) is 0 Å². The molecule has 1 rings (SSSR count). The fraction of sp³-hybridized carbons (Fsp3) is 0.700. The predicted molar refractivity (Wildman–Crippen MR) is 61.3 cm³/mol. The van der Waals surface area contributed by atoms with Gasteiger partial charge in [-0.25, -0.2) is 0 Å². The summed E-state index contributed by atoms with van der Waals surface area (Å²) in [6, 6.07) is 0.118. The average Bonchev–Trinajstić information content (AvgIpc) is 2.48. The molecule has 1 unspecified atom stereocenters. The van der Waals surface area contributed by atoms with Gasteiger partial charge in [0.1, 0.15) is 0 Å². The Morgan fingerprint density at radius 3 is 2.60 bits per heavy atom. The molecule has 1 aromatic heterocycles. The topological polar surface area (TPSA) is 50.1 Å². The number of hydrogen-bond acceptors (Lipinski definition) is 3. The van der Waals surface area contributed by atoms with Crippen LogP contribution in [-0.2, 0) is 6.54 Å². The van der Waals surface area contributed by atoms with Crippen LogP contribution in [0.3, 0.4) is 0 Å². The van der Waals surface area contributed by atoms with Gasteiger partial charge >= 0.3 is 0 Å². The van der Waals surface area contributed by atoms with Gasteiger partial charge in [0.05, 0.1) is 23.0 Å². The van der Waals surface area contributed by atoms with Crippen molar-refractivity contribution in [3.63, 3.8) is 0 Å². The summed E-state index contributed by atoms with van der Waals surface area (Å²) >= 11 is 6.03. The number of hydrogen-bond donors (Lipinski definition) is 2. The first-order valence-electron chi connectivity index (χ1n) is 5.07. The molecule has 0 saturated heterocycles. The van der Waals surface area contributed by atoms with Gasteiger partial charge in [0.2, 0.25) is 0 Å². The predicted octanol–water partition coefficient (Wildman–Crippen LogP) is 1.12. The first-order chi connectivity index (χ1) is 7.10. The highest BCUT2D eigenvalue weighted by atomic mass is 35.5. The minimum absolute atomic E-state index is 0.118. The molecule has 2 N–H and O–H groups in total. The molecule has 0 saturated carbocycles. The number of rotatable bonds is 5. The molecule has 4 nitrogen and oxygen atoms in total. The molecule has 15 heavy (non-hydrogen) atoms. The Bertz CT molecular complexity index is 321. The molecule has 1 atom stereocenters. The smallest absolute Gasteiger partial charge is 0.0844 e. The van der Waals surface area contributed by atoms with Gasteiger partial charge in [-0.1, -0.05) is 11.6 Å². The average molecular weight is 232 g/mol. The van der Waals surface area contributed by atoms with Crippen LogP contribution in [0, 0.1) is 13.8 Å². The van der Waals surface area contributed by atoms with E-state index in [2.05, 4.69) is 10.4 Å². The number of halogens is 1. The van der Waals surface area contributed by atoms with Crippen LogP contribution in [-0.4, -0.2) is 34.6 Å². The van der Waals surface area contributed by atoms with Crippen molar-refractivity contribution in [2.24, 2.45) is 0 Å². The second-order valence-electron chi connectivity index (χ2n) is 3.66. The van der Waals surface area contributed by atoms with Gasteiger partial charge in [0.15, 0.2) is 0 Å². The molecule has 0 aromatic carbocycles. The van der Waals surface area contributed by atoms with Crippen LogP contribution in [0.5, 0.6) is 0 Å². The van der Waals surface area contributed by atoms with E-state index in [1.165, 1.54) is 0 Å². The van der Waals surface area contributed by atoms with E-state index in [0.717, 1.165) is 29.4 Å². The molecule has 5 heteroatoms. The minimum atomic E-state index is 0.118. The molecule has 0 spiro atoms. The van der Waals surface area contributed by atoms with Crippen molar-refractivity contribution in [2.45, 2.75) is 32.9 Å². The maximum atomic E-state index is 9.01.